The van der Waals surface area contributed by atoms with E-state index in [9.17, 15) is 9.59 Å². The smallest absolute Gasteiger partial charge is 0.343 e. The molecule has 0 spiro atoms. The molecule has 0 aliphatic carbocycles. The summed E-state index contributed by atoms with van der Waals surface area (Å²) in [6.07, 6.45) is 1.69. The number of esters is 1. The van der Waals surface area contributed by atoms with Crippen LogP contribution in [-0.4, -0.2) is 18.5 Å². The van der Waals surface area contributed by atoms with Gasteiger partial charge in [0.15, 0.2) is 17.3 Å². The SMILES string of the molecule is Cc1c(OC(=O)c2ccc3c(c2)OCO3)ccc2c1O/C(=C\c1cccc(Br)c1)C2=O. The van der Waals surface area contributed by atoms with Crippen LogP contribution in [-0.2, 0) is 0 Å². The molecule has 2 heterocycles. The number of allylic oxidation sites excluding steroid dienone is 1. The van der Waals surface area contributed by atoms with Gasteiger partial charge in [0.05, 0.1) is 11.1 Å². The Bertz CT molecular complexity index is 1280. The summed E-state index contributed by atoms with van der Waals surface area (Å²) < 4.78 is 22.9. The fourth-order valence-electron chi connectivity index (χ4n) is 3.41. The van der Waals surface area contributed by atoms with Crippen molar-refractivity contribution < 1.29 is 28.5 Å². The number of halogens is 1. The van der Waals surface area contributed by atoms with Crippen molar-refractivity contribution in [2.24, 2.45) is 0 Å². The number of fused-ring (bicyclic) bond motifs is 2. The molecule has 3 aromatic rings. The number of carbonyl (C=O) groups is 2. The molecule has 154 valence electrons. The molecule has 0 saturated carbocycles. The maximum atomic E-state index is 12.8. The average Bonchev–Trinajstić information content (AvgIpc) is 3.35. The highest BCUT2D eigenvalue weighted by atomic mass is 79.9. The van der Waals surface area contributed by atoms with Gasteiger partial charge < -0.3 is 18.9 Å². The number of hydrogen-bond acceptors (Lipinski definition) is 6. The predicted molar refractivity (Wildman–Crippen MR) is 116 cm³/mol. The lowest BCUT2D eigenvalue weighted by Gasteiger charge is -2.10. The molecule has 3 aromatic carbocycles. The topological polar surface area (TPSA) is 71.1 Å². The Kier molecular flexibility index (Phi) is 4.75. The lowest BCUT2D eigenvalue weighted by molar-refractivity contribution is 0.0732. The molecule has 2 aliphatic heterocycles. The lowest BCUT2D eigenvalue weighted by Crippen LogP contribution is -2.09. The van der Waals surface area contributed by atoms with Crippen LogP contribution in [0.1, 0.15) is 31.8 Å². The van der Waals surface area contributed by atoms with Crippen molar-refractivity contribution in [1.29, 1.82) is 0 Å². The van der Waals surface area contributed by atoms with E-state index in [1.807, 2.05) is 24.3 Å². The summed E-state index contributed by atoms with van der Waals surface area (Å²) in [6, 6.07) is 15.6. The molecule has 31 heavy (non-hydrogen) atoms. The largest absolute Gasteiger partial charge is 0.454 e. The second-order valence-electron chi connectivity index (χ2n) is 7.02. The zero-order valence-corrected chi connectivity index (χ0v) is 17.9. The van der Waals surface area contributed by atoms with Gasteiger partial charge in [0.1, 0.15) is 11.5 Å². The van der Waals surface area contributed by atoms with Gasteiger partial charge >= 0.3 is 5.97 Å². The van der Waals surface area contributed by atoms with Crippen LogP contribution < -0.4 is 18.9 Å². The van der Waals surface area contributed by atoms with Gasteiger partial charge in [0.2, 0.25) is 12.6 Å². The second-order valence-corrected chi connectivity index (χ2v) is 7.93. The first-order valence-corrected chi connectivity index (χ1v) is 10.2. The minimum Gasteiger partial charge on any atom is -0.454 e. The lowest BCUT2D eigenvalue weighted by atomic mass is 10.1. The zero-order valence-electron chi connectivity index (χ0n) is 16.3. The van der Waals surface area contributed by atoms with E-state index in [0.717, 1.165) is 10.0 Å². The van der Waals surface area contributed by atoms with E-state index in [4.69, 9.17) is 18.9 Å². The van der Waals surface area contributed by atoms with Crippen molar-refractivity contribution in [2.45, 2.75) is 6.92 Å². The zero-order chi connectivity index (χ0) is 21.5. The number of hydrogen-bond donors (Lipinski definition) is 0. The third-order valence-electron chi connectivity index (χ3n) is 4.99. The molecule has 0 bridgehead atoms. The van der Waals surface area contributed by atoms with Gasteiger partial charge in [-0.3, -0.25) is 4.79 Å². The summed E-state index contributed by atoms with van der Waals surface area (Å²) >= 11 is 3.42. The highest BCUT2D eigenvalue weighted by Crippen LogP contribution is 2.40. The monoisotopic (exact) mass is 478 g/mol. The summed E-state index contributed by atoms with van der Waals surface area (Å²) in [5.74, 6) is 1.25. The molecule has 5 rings (SSSR count). The Morgan fingerprint density at radius 2 is 1.90 bits per heavy atom. The van der Waals surface area contributed by atoms with Crippen LogP contribution in [0.4, 0.5) is 0 Å². The van der Waals surface area contributed by atoms with E-state index >= 15 is 0 Å². The molecule has 0 N–H and O–H groups in total. The number of carbonyl (C=O) groups excluding carboxylic acids is 2. The number of rotatable bonds is 3. The van der Waals surface area contributed by atoms with Gasteiger partial charge in [0.25, 0.3) is 0 Å². The Hall–Kier alpha value is -3.58. The van der Waals surface area contributed by atoms with Crippen molar-refractivity contribution in [3.05, 3.63) is 87.1 Å². The molecule has 0 amide bonds. The van der Waals surface area contributed by atoms with Crippen LogP contribution in [0, 0.1) is 6.92 Å². The number of benzene rings is 3. The van der Waals surface area contributed by atoms with Gasteiger partial charge in [-0.25, -0.2) is 4.79 Å². The Morgan fingerprint density at radius 1 is 1.06 bits per heavy atom. The predicted octanol–water partition coefficient (Wildman–Crippen LogP) is 5.32. The molecule has 0 atom stereocenters. The number of ketones is 1. The third-order valence-corrected chi connectivity index (χ3v) is 5.49. The first-order chi connectivity index (χ1) is 15.0. The average molecular weight is 479 g/mol. The van der Waals surface area contributed by atoms with Crippen molar-refractivity contribution in [3.63, 3.8) is 0 Å². The number of ether oxygens (including phenoxy) is 4. The highest BCUT2D eigenvalue weighted by molar-refractivity contribution is 9.10. The molecule has 6 nitrogen and oxygen atoms in total. The summed E-state index contributed by atoms with van der Waals surface area (Å²) in [4.78, 5) is 25.4. The van der Waals surface area contributed by atoms with Gasteiger partial charge in [-0.2, -0.15) is 0 Å². The molecule has 0 radical (unpaired) electrons. The minimum absolute atomic E-state index is 0.124. The van der Waals surface area contributed by atoms with E-state index in [0.29, 0.717) is 39.7 Å². The van der Waals surface area contributed by atoms with E-state index in [-0.39, 0.29) is 18.3 Å². The molecule has 7 heteroatoms. The maximum absolute atomic E-state index is 12.8. The number of Topliss-reactive ketones (excluding diaryl/α,β-unsaturated/α-hetero) is 1. The van der Waals surface area contributed by atoms with Gasteiger partial charge in [-0.15, -0.1) is 0 Å². The van der Waals surface area contributed by atoms with E-state index < -0.39 is 5.97 Å². The van der Waals surface area contributed by atoms with Gasteiger partial charge in [-0.1, -0.05) is 28.1 Å². The van der Waals surface area contributed by atoms with Crippen molar-refractivity contribution in [1.82, 2.24) is 0 Å². The van der Waals surface area contributed by atoms with E-state index in [2.05, 4.69) is 15.9 Å². The van der Waals surface area contributed by atoms with Crippen molar-refractivity contribution in [2.75, 3.05) is 6.79 Å². The molecule has 0 unspecified atom stereocenters. The third kappa shape index (κ3) is 3.57. The summed E-state index contributed by atoms with van der Waals surface area (Å²) in [6.45, 7) is 1.87. The van der Waals surface area contributed by atoms with Crippen molar-refractivity contribution >= 4 is 33.8 Å². The fraction of sp³-hybridized carbons (Fsp3) is 0.0833. The summed E-state index contributed by atoms with van der Waals surface area (Å²) in [7, 11) is 0. The molecule has 0 saturated heterocycles. The molecular formula is C24H15BrO6. The second kappa shape index (κ2) is 7.59. The van der Waals surface area contributed by atoms with Gasteiger partial charge in [-0.05, 0) is 61.0 Å². The summed E-state index contributed by atoms with van der Waals surface area (Å²) in [5.41, 5.74) is 2.16. The Balaban J connectivity index is 1.41. The molecule has 0 fully saturated rings. The summed E-state index contributed by atoms with van der Waals surface area (Å²) in [5, 5.41) is 0. The maximum Gasteiger partial charge on any atom is 0.343 e. The first kappa shape index (κ1) is 19.4. The minimum atomic E-state index is -0.546. The van der Waals surface area contributed by atoms with Crippen LogP contribution in [0.25, 0.3) is 6.08 Å². The van der Waals surface area contributed by atoms with Gasteiger partial charge in [0, 0.05) is 10.0 Å². The van der Waals surface area contributed by atoms with Crippen LogP contribution in [0.15, 0.2) is 64.8 Å². The fourth-order valence-corrected chi connectivity index (χ4v) is 3.83. The Labute approximate surface area is 186 Å². The van der Waals surface area contributed by atoms with E-state index in [1.165, 1.54) is 0 Å². The first-order valence-electron chi connectivity index (χ1n) is 9.45. The Morgan fingerprint density at radius 3 is 2.74 bits per heavy atom. The van der Waals surface area contributed by atoms with Crippen LogP contribution in [0.2, 0.25) is 0 Å². The van der Waals surface area contributed by atoms with E-state index in [1.54, 1.807) is 43.3 Å². The quantitative estimate of drug-likeness (QED) is 0.288. The molecular weight excluding hydrogens is 464 g/mol. The van der Waals surface area contributed by atoms with Crippen LogP contribution in [0.5, 0.6) is 23.0 Å². The molecule has 0 aromatic heterocycles. The normalized spacial score (nSPS) is 15.0. The molecule has 2 aliphatic rings. The van der Waals surface area contributed by atoms with Crippen LogP contribution in [0.3, 0.4) is 0 Å². The van der Waals surface area contributed by atoms with Crippen molar-refractivity contribution in [3.8, 4) is 23.0 Å². The highest BCUT2D eigenvalue weighted by Gasteiger charge is 2.30. The van der Waals surface area contributed by atoms with Crippen LogP contribution >= 0.6 is 15.9 Å². The standard InChI is InChI=1S/C24H15BrO6/c1-13-18(31-24(27)15-5-7-19-20(11-15)29-12-28-19)8-6-17-22(26)21(30-23(13)17)10-14-3-2-4-16(25)9-14/h2-11H,12H2,1H3/b21-10-.